The van der Waals surface area contributed by atoms with Crippen molar-refractivity contribution in [2.24, 2.45) is 0 Å². The van der Waals surface area contributed by atoms with Crippen LogP contribution >= 0.6 is 11.3 Å². The Morgan fingerprint density at radius 3 is 2.08 bits per heavy atom. The molecule has 39 heavy (non-hydrogen) atoms. The number of rotatable bonds is 12. The molecule has 4 nitrogen and oxygen atoms in total. The molecule has 0 aliphatic heterocycles. The van der Waals surface area contributed by atoms with Crippen molar-refractivity contribution in [2.75, 3.05) is 13.1 Å². The zero-order chi connectivity index (χ0) is 27.7. The van der Waals surface area contributed by atoms with Crippen LogP contribution in [0, 0.1) is 0 Å². The SMILES string of the molecule is CCCNC(=O)c1csc(CN(CCC(c2ccccc2)c2ccccc2)Cc2ccc(C(C)(C)C)cc2)n1. The molecule has 0 bridgehead atoms. The van der Waals surface area contributed by atoms with E-state index in [2.05, 4.69) is 123 Å². The summed E-state index contributed by atoms with van der Waals surface area (Å²) in [4.78, 5) is 19.6. The molecule has 0 spiro atoms. The first-order valence-electron chi connectivity index (χ1n) is 14.0. The summed E-state index contributed by atoms with van der Waals surface area (Å²) < 4.78 is 0. The number of aromatic nitrogens is 1. The third-order valence-corrected chi connectivity index (χ3v) is 7.88. The van der Waals surface area contributed by atoms with Crippen LogP contribution in [-0.2, 0) is 18.5 Å². The highest BCUT2D eigenvalue weighted by molar-refractivity contribution is 7.09. The Labute approximate surface area is 238 Å². The highest BCUT2D eigenvalue weighted by Crippen LogP contribution is 2.29. The van der Waals surface area contributed by atoms with Gasteiger partial charge in [0.25, 0.3) is 5.91 Å². The molecule has 4 rings (SSSR count). The van der Waals surface area contributed by atoms with E-state index in [0.717, 1.165) is 30.9 Å². The van der Waals surface area contributed by atoms with Gasteiger partial charge in [0.05, 0.1) is 6.54 Å². The van der Waals surface area contributed by atoms with Crippen LogP contribution < -0.4 is 5.32 Å². The molecule has 0 aliphatic carbocycles. The minimum atomic E-state index is -0.0862. The largest absolute Gasteiger partial charge is 0.351 e. The van der Waals surface area contributed by atoms with Gasteiger partial charge in [-0.2, -0.15) is 0 Å². The van der Waals surface area contributed by atoms with Gasteiger partial charge in [0.15, 0.2) is 0 Å². The number of carbonyl (C=O) groups is 1. The first-order valence-corrected chi connectivity index (χ1v) is 14.9. The fraction of sp³-hybridized carbons (Fsp3) is 0.353. The molecule has 0 saturated heterocycles. The van der Waals surface area contributed by atoms with Crippen molar-refractivity contribution in [1.29, 1.82) is 0 Å². The monoisotopic (exact) mass is 539 g/mol. The Morgan fingerprint density at radius 1 is 0.897 bits per heavy atom. The van der Waals surface area contributed by atoms with Gasteiger partial charge >= 0.3 is 0 Å². The van der Waals surface area contributed by atoms with Gasteiger partial charge in [-0.3, -0.25) is 9.69 Å². The van der Waals surface area contributed by atoms with Crippen LogP contribution in [0.4, 0.5) is 0 Å². The molecule has 0 unspecified atom stereocenters. The highest BCUT2D eigenvalue weighted by atomic mass is 32.1. The fourth-order valence-electron chi connectivity index (χ4n) is 4.80. The van der Waals surface area contributed by atoms with Crippen LogP contribution in [0.25, 0.3) is 0 Å². The summed E-state index contributed by atoms with van der Waals surface area (Å²) >= 11 is 1.57. The van der Waals surface area contributed by atoms with Crippen LogP contribution in [-0.4, -0.2) is 28.9 Å². The van der Waals surface area contributed by atoms with E-state index in [1.807, 2.05) is 5.38 Å². The minimum Gasteiger partial charge on any atom is -0.351 e. The molecule has 0 atom stereocenters. The predicted molar refractivity (Wildman–Crippen MR) is 163 cm³/mol. The lowest BCUT2D eigenvalue weighted by molar-refractivity contribution is 0.0949. The summed E-state index contributed by atoms with van der Waals surface area (Å²) in [7, 11) is 0. The maximum atomic E-state index is 12.5. The fourth-order valence-corrected chi connectivity index (χ4v) is 5.61. The average Bonchev–Trinajstić information content (AvgIpc) is 3.41. The second-order valence-corrected chi connectivity index (χ2v) is 12.1. The molecule has 0 saturated carbocycles. The van der Waals surface area contributed by atoms with Crippen LogP contribution in [0.15, 0.2) is 90.3 Å². The van der Waals surface area contributed by atoms with E-state index in [4.69, 9.17) is 4.98 Å². The van der Waals surface area contributed by atoms with Gasteiger partial charge in [-0.15, -0.1) is 11.3 Å². The molecule has 1 N–H and O–H groups in total. The van der Waals surface area contributed by atoms with Gasteiger partial charge in [0.2, 0.25) is 0 Å². The first-order chi connectivity index (χ1) is 18.8. The third-order valence-electron chi connectivity index (χ3n) is 7.04. The molecule has 0 aliphatic rings. The van der Waals surface area contributed by atoms with Crippen molar-refractivity contribution < 1.29 is 4.79 Å². The van der Waals surface area contributed by atoms with E-state index in [1.165, 1.54) is 22.3 Å². The van der Waals surface area contributed by atoms with E-state index in [0.29, 0.717) is 24.7 Å². The van der Waals surface area contributed by atoms with Gasteiger partial charge in [-0.05, 0) is 47.1 Å². The quantitative estimate of drug-likeness (QED) is 0.200. The molecular weight excluding hydrogens is 498 g/mol. The third kappa shape index (κ3) is 8.35. The number of nitrogens with zero attached hydrogens (tertiary/aromatic N) is 2. The molecule has 0 radical (unpaired) electrons. The van der Waals surface area contributed by atoms with Crippen molar-refractivity contribution in [3.63, 3.8) is 0 Å². The van der Waals surface area contributed by atoms with Crippen molar-refractivity contribution in [3.05, 3.63) is 123 Å². The van der Waals surface area contributed by atoms with E-state index in [-0.39, 0.29) is 11.3 Å². The van der Waals surface area contributed by atoms with E-state index in [9.17, 15) is 4.79 Å². The molecule has 204 valence electrons. The van der Waals surface area contributed by atoms with Gasteiger partial charge in [-0.1, -0.05) is 113 Å². The Bertz CT molecular complexity index is 1250. The topological polar surface area (TPSA) is 45.2 Å². The van der Waals surface area contributed by atoms with Gasteiger partial charge in [-0.25, -0.2) is 4.98 Å². The number of hydrogen-bond donors (Lipinski definition) is 1. The molecule has 1 aromatic heterocycles. The lowest BCUT2D eigenvalue weighted by Crippen LogP contribution is -2.26. The van der Waals surface area contributed by atoms with Crippen LogP contribution in [0.2, 0.25) is 0 Å². The van der Waals surface area contributed by atoms with Gasteiger partial charge in [0, 0.05) is 24.4 Å². The summed E-state index contributed by atoms with van der Waals surface area (Å²) in [5, 5.41) is 5.79. The summed E-state index contributed by atoms with van der Waals surface area (Å²) in [5.74, 6) is 0.224. The zero-order valence-corrected chi connectivity index (χ0v) is 24.5. The number of benzene rings is 3. The second-order valence-electron chi connectivity index (χ2n) is 11.2. The molecule has 3 aromatic carbocycles. The Morgan fingerprint density at radius 2 is 1.51 bits per heavy atom. The molecule has 1 heterocycles. The maximum Gasteiger partial charge on any atom is 0.270 e. The normalized spacial score (nSPS) is 11.7. The summed E-state index contributed by atoms with van der Waals surface area (Å²) in [6.45, 7) is 11.9. The molecule has 4 aromatic rings. The average molecular weight is 540 g/mol. The molecule has 1 amide bonds. The standard InChI is InChI=1S/C34H41N3OS/c1-5-21-35-33(38)31-25-39-32(36-31)24-37(23-26-16-18-29(19-17-26)34(2,3)4)22-20-30(27-12-8-6-9-13-27)28-14-10-7-11-15-28/h6-19,25,30H,5,20-24H2,1-4H3,(H,35,38). The maximum absolute atomic E-state index is 12.5. The minimum absolute atomic E-state index is 0.0862. The number of amides is 1. The van der Waals surface area contributed by atoms with Crippen LogP contribution in [0.1, 0.15) is 84.2 Å². The van der Waals surface area contributed by atoms with Crippen molar-refractivity contribution in [2.45, 2.75) is 65.0 Å². The second kappa shape index (κ2) is 13.7. The van der Waals surface area contributed by atoms with E-state index in [1.54, 1.807) is 11.3 Å². The van der Waals surface area contributed by atoms with Crippen molar-refractivity contribution in [3.8, 4) is 0 Å². The van der Waals surface area contributed by atoms with E-state index >= 15 is 0 Å². The summed E-state index contributed by atoms with van der Waals surface area (Å²) in [6, 6.07) is 30.6. The summed E-state index contributed by atoms with van der Waals surface area (Å²) in [6.07, 6.45) is 1.90. The van der Waals surface area contributed by atoms with Crippen LogP contribution in [0.3, 0.4) is 0 Å². The highest BCUT2D eigenvalue weighted by Gasteiger charge is 2.19. The number of thiazole rings is 1. The molecule has 5 heteroatoms. The molecular formula is C34H41N3OS. The van der Waals surface area contributed by atoms with Crippen molar-refractivity contribution in [1.82, 2.24) is 15.2 Å². The lowest BCUT2D eigenvalue weighted by Gasteiger charge is -2.26. The molecule has 0 fully saturated rings. The Kier molecular flexibility index (Phi) is 10.1. The number of hydrogen-bond acceptors (Lipinski definition) is 4. The smallest absolute Gasteiger partial charge is 0.270 e. The predicted octanol–water partition coefficient (Wildman–Crippen LogP) is 7.80. The van der Waals surface area contributed by atoms with Crippen molar-refractivity contribution >= 4 is 17.2 Å². The first kappa shape index (κ1) is 28.7. The number of nitrogens with one attached hydrogen (secondary N) is 1. The van der Waals surface area contributed by atoms with Gasteiger partial charge in [0.1, 0.15) is 10.7 Å². The zero-order valence-electron chi connectivity index (χ0n) is 23.7. The lowest BCUT2D eigenvalue weighted by atomic mass is 9.86. The number of carbonyl (C=O) groups excluding carboxylic acids is 1. The Balaban J connectivity index is 1.54. The summed E-state index contributed by atoms with van der Waals surface area (Å²) in [5.41, 5.74) is 5.95. The van der Waals surface area contributed by atoms with E-state index < -0.39 is 0 Å². The van der Waals surface area contributed by atoms with Gasteiger partial charge < -0.3 is 5.32 Å². The Hall–Kier alpha value is -3.28. The van der Waals surface area contributed by atoms with Crippen LogP contribution in [0.5, 0.6) is 0 Å².